The molecule has 0 unspecified atom stereocenters. The Kier molecular flexibility index (Phi) is 3.34. The Morgan fingerprint density at radius 2 is 2.00 bits per heavy atom. The lowest BCUT2D eigenvalue weighted by Crippen LogP contribution is -2.46. The van der Waals surface area contributed by atoms with Gasteiger partial charge in [0.1, 0.15) is 5.75 Å². The topological polar surface area (TPSA) is 49.7 Å². The highest BCUT2D eigenvalue weighted by atomic mass is 16.5. The van der Waals surface area contributed by atoms with Crippen molar-refractivity contribution in [2.24, 2.45) is 17.3 Å². The first-order chi connectivity index (χ1) is 10.9. The van der Waals surface area contributed by atoms with Crippen LogP contribution in [0.2, 0.25) is 0 Å². The summed E-state index contributed by atoms with van der Waals surface area (Å²) in [5, 5.41) is 21.3. The quantitative estimate of drug-likeness (QED) is 0.836. The van der Waals surface area contributed by atoms with Crippen molar-refractivity contribution in [1.29, 1.82) is 0 Å². The lowest BCUT2D eigenvalue weighted by Gasteiger charge is -2.50. The average Bonchev–Trinajstić information content (AvgIpc) is 2.73. The molecule has 3 aliphatic carbocycles. The molecule has 4 rings (SSSR count). The number of ether oxygens (including phenoxy) is 1. The molecular formula is C20H28O3. The van der Waals surface area contributed by atoms with E-state index in [1.165, 1.54) is 11.1 Å². The predicted molar refractivity (Wildman–Crippen MR) is 89.6 cm³/mol. The van der Waals surface area contributed by atoms with E-state index in [1.54, 1.807) is 7.11 Å². The molecule has 126 valence electrons. The minimum Gasteiger partial charge on any atom is -0.497 e. The van der Waals surface area contributed by atoms with E-state index in [0.717, 1.165) is 37.9 Å². The lowest BCUT2D eigenvalue weighted by molar-refractivity contribution is -0.0903. The largest absolute Gasteiger partial charge is 0.497 e. The number of rotatable bonds is 1. The Bertz CT molecular complexity index is 623. The number of benzene rings is 1. The van der Waals surface area contributed by atoms with Crippen LogP contribution in [0.5, 0.6) is 5.75 Å². The fraction of sp³-hybridized carbons (Fsp3) is 0.700. The maximum atomic E-state index is 10.7. The van der Waals surface area contributed by atoms with Gasteiger partial charge in [0.2, 0.25) is 0 Å². The third kappa shape index (κ3) is 2.09. The van der Waals surface area contributed by atoms with Gasteiger partial charge in [-0.3, -0.25) is 0 Å². The van der Waals surface area contributed by atoms with Gasteiger partial charge in [-0.25, -0.2) is 0 Å². The van der Waals surface area contributed by atoms with E-state index in [0.29, 0.717) is 17.8 Å². The van der Waals surface area contributed by atoms with E-state index < -0.39 is 11.7 Å². The van der Waals surface area contributed by atoms with E-state index in [9.17, 15) is 10.2 Å². The Hall–Kier alpha value is -1.06. The number of aryl methyl sites for hydroxylation is 1. The molecule has 23 heavy (non-hydrogen) atoms. The zero-order valence-corrected chi connectivity index (χ0v) is 14.4. The molecule has 2 saturated carbocycles. The van der Waals surface area contributed by atoms with E-state index in [4.69, 9.17) is 4.74 Å². The minimum atomic E-state index is -0.936. The van der Waals surface area contributed by atoms with E-state index >= 15 is 0 Å². The van der Waals surface area contributed by atoms with Crippen LogP contribution in [-0.2, 0) is 6.42 Å². The number of aliphatic hydroxyl groups is 2. The molecule has 0 heterocycles. The van der Waals surface area contributed by atoms with Gasteiger partial charge in [-0.15, -0.1) is 0 Å². The summed E-state index contributed by atoms with van der Waals surface area (Å²) in [6, 6.07) is 6.52. The van der Waals surface area contributed by atoms with Crippen LogP contribution in [0, 0.1) is 17.3 Å². The molecule has 0 saturated heterocycles. The van der Waals surface area contributed by atoms with Crippen molar-refractivity contribution < 1.29 is 14.9 Å². The monoisotopic (exact) mass is 316 g/mol. The first-order valence-corrected chi connectivity index (χ1v) is 8.94. The predicted octanol–water partition coefficient (Wildman–Crippen LogP) is 3.27. The van der Waals surface area contributed by atoms with Crippen LogP contribution >= 0.6 is 0 Å². The average molecular weight is 316 g/mol. The number of aliphatic hydroxyl groups excluding tert-OH is 1. The molecule has 0 aromatic heterocycles. The van der Waals surface area contributed by atoms with Crippen molar-refractivity contribution in [3.05, 3.63) is 29.3 Å². The molecule has 6 atom stereocenters. The summed E-state index contributed by atoms with van der Waals surface area (Å²) in [5.74, 6) is 2.52. The Morgan fingerprint density at radius 1 is 1.22 bits per heavy atom. The first-order valence-electron chi connectivity index (χ1n) is 8.94. The normalized spacial score (nSPS) is 45.1. The first kappa shape index (κ1) is 15.5. The van der Waals surface area contributed by atoms with Crippen LogP contribution in [0.4, 0.5) is 0 Å². The maximum absolute atomic E-state index is 10.7. The van der Waals surface area contributed by atoms with Gasteiger partial charge in [-0.2, -0.15) is 0 Å². The summed E-state index contributed by atoms with van der Waals surface area (Å²) in [6.07, 6.45) is 4.49. The molecule has 3 aliphatic rings. The van der Waals surface area contributed by atoms with Crippen molar-refractivity contribution in [3.8, 4) is 5.75 Å². The summed E-state index contributed by atoms with van der Waals surface area (Å²) in [7, 11) is 1.72. The zero-order chi connectivity index (χ0) is 16.4. The molecule has 0 spiro atoms. The molecule has 0 aliphatic heterocycles. The second kappa shape index (κ2) is 4.97. The molecule has 2 fully saturated rings. The highest BCUT2D eigenvalue weighted by Crippen LogP contribution is 2.63. The molecule has 0 bridgehead atoms. The molecule has 2 N–H and O–H groups in total. The van der Waals surface area contributed by atoms with Crippen molar-refractivity contribution in [2.75, 3.05) is 7.11 Å². The van der Waals surface area contributed by atoms with Gasteiger partial charge in [0, 0.05) is 0 Å². The number of hydrogen-bond donors (Lipinski definition) is 2. The lowest BCUT2D eigenvalue weighted by atomic mass is 9.55. The molecule has 1 aromatic carbocycles. The summed E-state index contributed by atoms with van der Waals surface area (Å²) in [6.45, 7) is 4.02. The van der Waals surface area contributed by atoms with Gasteiger partial charge in [-0.1, -0.05) is 13.0 Å². The zero-order valence-electron chi connectivity index (χ0n) is 14.4. The van der Waals surface area contributed by atoms with Crippen LogP contribution < -0.4 is 4.74 Å². The molecule has 1 aromatic rings. The fourth-order valence-electron chi connectivity index (χ4n) is 6.02. The fourth-order valence-corrected chi connectivity index (χ4v) is 6.02. The van der Waals surface area contributed by atoms with Gasteiger partial charge in [0.05, 0.1) is 18.8 Å². The van der Waals surface area contributed by atoms with E-state index in [-0.39, 0.29) is 5.41 Å². The van der Waals surface area contributed by atoms with Crippen molar-refractivity contribution in [3.63, 3.8) is 0 Å². The molecular weight excluding hydrogens is 288 g/mol. The van der Waals surface area contributed by atoms with Crippen molar-refractivity contribution in [1.82, 2.24) is 0 Å². The van der Waals surface area contributed by atoms with Gasteiger partial charge in [-0.05, 0) is 85.5 Å². The number of hydrogen-bond acceptors (Lipinski definition) is 3. The van der Waals surface area contributed by atoms with Crippen LogP contribution in [-0.4, -0.2) is 29.0 Å². The second-order valence-corrected chi connectivity index (χ2v) is 8.49. The summed E-state index contributed by atoms with van der Waals surface area (Å²) < 4.78 is 5.38. The molecule has 3 nitrogen and oxygen atoms in total. The maximum Gasteiger partial charge on any atom is 0.119 e. The SMILES string of the molecule is COc1ccc2c(c1)CC[C@H]1[C@H]3C[C@](C)(O)[C@@H](O)[C@@]3(C)CC[C@@H]21. The highest BCUT2D eigenvalue weighted by molar-refractivity contribution is 5.40. The van der Waals surface area contributed by atoms with Gasteiger partial charge >= 0.3 is 0 Å². The molecule has 3 heteroatoms. The van der Waals surface area contributed by atoms with E-state index in [1.807, 2.05) is 6.92 Å². The van der Waals surface area contributed by atoms with Crippen LogP contribution in [0.25, 0.3) is 0 Å². The standard InChI is InChI=1S/C20H28O3/c1-19-9-8-15-14-7-5-13(23-3)10-12(14)4-6-16(15)17(19)11-20(2,22)18(19)21/h5,7,10,15-18,21-22H,4,6,8-9,11H2,1-3H3/t15-,16+,17+,18-,19-,20-/m0/s1. The second-order valence-electron chi connectivity index (χ2n) is 8.49. The van der Waals surface area contributed by atoms with Crippen molar-refractivity contribution >= 4 is 0 Å². The smallest absolute Gasteiger partial charge is 0.119 e. The van der Waals surface area contributed by atoms with E-state index in [2.05, 4.69) is 25.1 Å². The number of methoxy groups -OCH3 is 1. The Balaban J connectivity index is 1.70. The van der Waals surface area contributed by atoms with Crippen molar-refractivity contribution in [2.45, 2.75) is 63.6 Å². The minimum absolute atomic E-state index is 0.130. The summed E-state index contributed by atoms with van der Waals surface area (Å²) in [4.78, 5) is 0. The van der Waals surface area contributed by atoms with Crippen LogP contribution in [0.15, 0.2) is 18.2 Å². The molecule has 0 amide bonds. The third-order valence-electron chi connectivity index (χ3n) is 7.22. The van der Waals surface area contributed by atoms with Crippen LogP contribution in [0.3, 0.4) is 0 Å². The summed E-state index contributed by atoms with van der Waals surface area (Å²) in [5.41, 5.74) is 1.84. The summed E-state index contributed by atoms with van der Waals surface area (Å²) >= 11 is 0. The molecule has 0 radical (unpaired) electrons. The Labute approximate surface area is 138 Å². The Morgan fingerprint density at radius 3 is 2.74 bits per heavy atom. The third-order valence-corrected chi connectivity index (χ3v) is 7.22. The van der Waals surface area contributed by atoms with Gasteiger partial charge in [0.25, 0.3) is 0 Å². The van der Waals surface area contributed by atoms with Gasteiger partial charge in [0.15, 0.2) is 0 Å². The number of fused-ring (bicyclic) bond motifs is 5. The van der Waals surface area contributed by atoms with Crippen LogP contribution in [0.1, 0.15) is 56.6 Å². The highest BCUT2D eigenvalue weighted by Gasteiger charge is 2.61. The van der Waals surface area contributed by atoms with Gasteiger partial charge < -0.3 is 14.9 Å².